The van der Waals surface area contributed by atoms with Crippen LogP contribution in [0.5, 0.6) is 5.75 Å². The Kier molecular flexibility index (Phi) is 7.43. The minimum Gasteiger partial charge on any atom is -0.497 e. The number of rotatable bonds is 8. The van der Waals surface area contributed by atoms with Crippen molar-refractivity contribution < 1.29 is 27.4 Å². The molecule has 2 rings (SSSR count). The van der Waals surface area contributed by atoms with Crippen molar-refractivity contribution in [3.05, 3.63) is 36.0 Å². The summed E-state index contributed by atoms with van der Waals surface area (Å²) in [5.41, 5.74) is -0.469. The van der Waals surface area contributed by atoms with E-state index in [0.29, 0.717) is 24.5 Å². The van der Waals surface area contributed by atoms with E-state index < -0.39 is 11.9 Å². The molecule has 0 bridgehead atoms. The van der Waals surface area contributed by atoms with Gasteiger partial charge in [-0.05, 0) is 30.3 Å². The highest BCUT2D eigenvalue weighted by molar-refractivity contribution is 7.99. The van der Waals surface area contributed by atoms with Crippen molar-refractivity contribution in [2.24, 2.45) is 0 Å². The summed E-state index contributed by atoms with van der Waals surface area (Å²) in [6.07, 6.45) is -4.62. The predicted molar refractivity (Wildman–Crippen MR) is 94.6 cm³/mol. The van der Waals surface area contributed by atoms with Crippen LogP contribution in [0, 0.1) is 0 Å². The first kappa shape index (κ1) is 21.0. The van der Waals surface area contributed by atoms with Gasteiger partial charge in [0.1, 0.15) is 11.4 Å². The van der Waals surface area contributed by atoms with Gasteiger partial charge in [-0.15, -0.1) is 0 Å². The maximum Gasteiger partial charge on any atom is 0.433 e. The van der Waals surface area contributed by atoms with Crippen LogP contribution in [-0.4, -0.2) is 49.0 Å². The highest BCUT2D eigenvalue weighted by atomic mass is 32.2. The fourth-order valence-electron chi connectivity index (χ4n) is 2.02. The summed E-state index contributed by atoms with van der Waals surface area (Å²) in [5, 5.41) is 2.45. The third kappa shape index (κ3) is 6.40. The number of nitrogens with zero attached hydrogens (tertiary/aromatic N) is 2. The molecule has 0 radical (unpaired) electrons. The van der Waals surface area contributed by atoms with Gasteiger partial charge in [0.25, 0.3) is 0 Å². The van der Waals surface area contributed by atoms with Crippen molar-refractivity contribution in [3.8, 4) is 17.0 Å². The number of amides is 1. The van der Waals surface area contributed by atoms with Gasteiger partial charge in [-0.2, -0.15) is 13.2 Å². The second-order valence-corrected chi connectivity index (χ2v) is 6.22. The Morgan fingerprint density at radius 2 is 1.89 bits per heavy atom. The highest BCUT2D eigenvalue weighted by Gasteiger charge is 2.34. The number of hydrogen-bond acceptors (Lipinski definition) is 6. The van der Waals surface area contributed by atoms with E-state index in [1.807, 2.05) is 0 Å². The van der Waals surface area contributed by atoms with Gasteiger partial charge in [0.2, 0.25) is 5.91 Å². The van der Waals surface area contributed by atoms with Crippen LogP contribution in [0.4, 0.5) is 13.2 Å². The van der Waals surface area contributed by atoms with E-state index in [2.05, 4.69) is 15.3 Å². The summed E-state index contributed by atoms with van der Waals surface area (Å²) in [7, 11) is 2.99. The Bertz CT molecular complexity index is 770. The molecule has 10 heteroatoms. The van der Waals surface area contributed by atoms with Crippen molar-refractivity contribution >= 4 is 17.7 Å². The van der Waals surface area contributed by atoms with E-state index in [1.54, 1.807) is 24.3 Å². The quantitative estimate of drug-likeness (QED) is 0.416. The lowest BCUT2D eigenvalue weighted by Crippen LogP contribution is -2.28. The van der Waals surface area contributed by atoms with Gasteiger partial charge in [-0.25, -0.2) is 9.97 Å². The van der Waals surface area contributed by atoms with E-state index in [4.69, 9.17) is 9.47 Å². The third-order valence-electron chi connectivity index (χ3n) is 3.34. The average Bonchev–Trinajstić information content (AvgIpc) is 2.66. The van der Waals surface area contributed by atoms with E-state index in [0.717, 1.165) is 17.8 Å². The van der Waals surface area contributed by atoms with Gasteiger partial charge >= 0.3 is 6.18 Å². The number of thioether (sulfide) groups is 1. The lowest BCUT2D eigenvalue weighted by Gasteiger charge is -2.11. The number of benzene rings is 1. The minimum atomic E-state index is -4.62. The molecule has 0 atom stereocenters. The molecule has 27 heavy (non-hydrogen) atoms. The summed E-state index contributed by atoms with van der Waals surface area (Å²) >= 11 is 0.834. The second-order valence-electron chi connectivity index (χ2n) is 5.28. The van der Waals surface area contributed by atoms with Gasteiger partial charge in [-0.1, -0.05) is 11.8 Å². The summed E-state index contributed by atoms with van der Waals surface area (Å²) in [6, 6.07) is 7.34. The zero-order valence-corrected chi connectivity index (χ0v) is 15.5. The monoisotopic (exact) mass is 401 g/mol. The van der Waals surface area contributed by atoms with E-state index in [1.165, 1.54) is 14.2 Å². The summed E-state index contributed by atoms with van der Waals surface area (Å²) in [6.45, 7) is 0.661. The number of carbonyl (C=O) groups is 1. The summed E-state index contributed by atoms with van der Waals surface area (Å²) in [4.78, 5) is 19.4. The Hall–Kier alpha value is -2.33. The van der Waals surface area contributed by atoms with E-state index in [-0.39, 0.29) is 22.5 Å². The molecule has 0 saturated heterocycles. The fourth-order valence-corrected chi connectivity index (χ4v) is 2.71. The maximum absolute atomic E-state index is 13.2. The molecule has 0 aliphatic heterocycles. The first-order valence-electron chi connectivity index (χ1n) is 7.82. The predicted octanol–water partition coefficient (Wildman–Crippen LogP) is 3.03. The molecular weight excluding hydrogens is 383 g/mol. The molecule has 1 heterocycles. The lowest BCUT2D eigenvalue weighted by atomic mass is 10.1. The molecule has 0 unspecified atom stereocenters. The molecule has 0 aliphatic carbocycles. The third-order valence-corrected chi connectivity index (χ3v) is 4.19. The first-order chi connectivity index (χ1) is 12.8. The van der Waals surface area contributed by atoms with Crippen LogP contribution in [-0.2, 0) is 15.7 Å². The fraction of sp³-hybridized carbons (Fsp3) is 0.353. The maximum atomic E-state index is 13.2. The van der Waals surface area contributed by atoms with E-state index >= 15 is 0 Å². The van der Waals surface area contributed by atoms with Crippen molar-refractivity contribution in [2.45, 2.75) is 11.3 Å². The van der Waals surface area contributed by atoms with Gasteiger partial charge in [0.15, 0.2) is 5.16 Å². The van der Waals surface area contributed by atoms with Crippen LogP contribution in [0.1, 0.15) is 5.69 Å². The van der Waals surface area contributed by atoms with Gasteiger partial charge in [0.05, 0.1) is 25.2 Å². The molecule has 146 valence electrons. The number of halogens is 3. The zero-order valence-electron chi connectivity index (χ0n) is 14.7. The molecule has 0 saturated carbocycles. The van der Waals surface area contributed by atoms with Gasteiger partial charge in [0, 0.05) is 19.2 Å². The highest BCUT2D eigenvalue weighted by Crippen LogP contribution is 2.32. The topological polar surface area (TPSA) is 73.3 Å². The molecule has 0 fully saturated rings. The normalized spacial score (nSPS) is 11.3. The standard InChI is InChI=1S/C17H18F3N3O3S/c1-25-8-7-21-15(24)10-27-16-22-13(9-14(23-16)17(18,19)20)11-3-5-12(26-2)6-4-11/h3-6,9H,7-8,10H2,1-2H3,(H,21,24). The number of aromatic nitrogens is 2. The lowest BCUT2D eigenvalue weighted by molar-refractivity contribution is -0.141. The number of hydrogen-bond donors (Lipinski definition) is 1. The average molecular weight is 401 g/mol. The van der Waals surface area contributed by atoms with Crippen molar-refractivity contribution in [1.29, 1.82) is 0 Å². The Morgan fingerprint density at radius 1 is 1.19 bits per heavy atom. The Morgan fingerprint density at radius 3 is 2.48 bits per heavy atom. The Balaban J connectivity index is 2.22. The molecule has 0 spiro atoms. The summed E-state index contributed by atoms with van der Waals surface area (Å²) < 4.78 is 49.4. The Labute approximate surface area is 158 Å². The summed E-state index contributed by atoms with van der Waals surface area (Å²) in [5.74, 6) is 0.128. The van der Waals surface area contributed by atoms with Gasteiger partial charge < -0.3 is 14.8 Å². The molecule has 0 aliphatic rings. The minimum absolute atomic E-state index is 0.104. The van der Waals surface area contributed by atoms with Crippen LogP contribution >= 0.6 is 11.8 Å². The van der Waals surface area contributed by atoms with Crippen LogP contribution in [0.15, 0.2) is 35.5 Å². The van der Waals surface area contributed by atoms with Crippen molar-refractivity contribution in [1.82, 2.24) is 15.3 Å². The van der Waals surface area contributed by atoms with Gasteiger partial charge in [-0.3, -0.25) is 4.79 Å². The molecule has 6 nitrogen and oxygen atoms in total. The van der Waals surface area contributed by atoms with Crippen molar-refractivity contribution in [3.63, 3.8) is 0 Å². The molecular formula is C17H18F3N3O3S. The largest absolute Gasteiger partial charge is 0.497 e. The SMILES string of the molecule is COCCNC(=O)CSc1nc(-c2ccc(OC)cc2)cc(C(F)(F)F)n1. The second kappa shape index (κ2) is 9.56. The molecule has 1 aromatic heterocycles. The van der Waals surface area contributed by atoms with Crippen LogP contribution in [0.25, 0.3) is 11.3 Å². The van der Waals surface area contributed by atoms with Crippen molar-refractivity contribution in [2.75, 3.05) is 33.1 Å². The number of nitrogens with one attached hydrogen (secondary N) is 1. The molecule has 1 amide bonds. The molecule has 2 aromatic rings. The zero-order chi connectivity index (χ0) is 19.9. The van der Waals surface area contributed by atoms with Crippen LogP contribution < -0.4 is 10.1 Å². The first-order valence-corrected chi connectivity index (χ1v) is 8.81. The van der Waals surface area contributed by atoms with Crippen LogP contribution in [0.3, 0.4) is 0 Å². The molecule has 1 N–H and O–H groups in total. The number of methoxy groups -OCH3 is 2. The molecule has 1 aromatic carbocycles. The number of ether oxygens (including phenoxy) is 2. The van der Waals surface area contributed by atoms with Crippen LogP contribution in [0.2, 0.25) is 0 Å². The number of alkyl halides is 3. The smallest absolute Gasteiger partial charge is 0.433 e. The van der Waals surface area contributed by atoms with E-state index in [9.17, 15) is 18.0 Å². The number of carbonyl (C=O) groups excluding carboxylic acids is 1.